The molecule has 2 rings (SSSR count). The molecule has 1 atom stereocenters. The van der Waals surface area contributed by atoms with Crippen molar-refractivity contribution in [2.24, 2.45) is 0 Å². The topological polar surface area (TPSA) is 55.6 Å². The molecule has 1 unspecified atom stereocenters. The van der Waals surface area contributed by atoms with E-state index in [-0.39, 0.29) is 24.4 Å². The predicted octanol–water partition coefficient (Wildman–Crippen LogP) is 1.83. The lowest BCUT2D eigenvalue weighted by Crippen LogP contribution is -2.36. The van der Waals surface area contributed by atoms with Gasteiger partial charge in [0.2, 0.25) is 0 Å². The number of nitrogens with two attached hydrogens (primary N) is 1. The van der Waals surface area contributed by atoms with Crippen molar-refractivity contribution >= 4 is 29.8 Å². The average molecular weight is 257 g/mol. The second kappa shape index (κ2) is 5.77. The van der Waals surface area contributed by atoms with Crippen molar-refractivity contribution in [1.82, 2.24) is 0 Å². The minimum atomic E-state index is -0.158. The first-order valence-corrected chi connectivity index (χ1v) is 5.42. The highest BCUT2D eigenvalue weighted by Gasteiger charge is 2.31. The molecule has 1 aliphatic rings. The third kappa shape index (κ3) is 2.82. The van der Waals surface area contributed by atoms with Crippen molar-refractivity contribution in [3.63, 3.8) is 0 Å². The Labute approximate surface area is 107 Å². The van der Waals surface area contributed by atoms with Crippen LogP contribution in [0.25, 0.3) is 0 Å². The van der Waals surface area contributed by atoms with Gasteiger partial charge < -0.3 is 15.4 Å². The van der Waals surface area contributed by atoms with Crippen LogP contribution in [0.2, 0.25) is 0 Å². The Hall–Kier alpha value is -1.42. The molecule has 1 fully saturated rings. The van der Waals surface area contributed by atoms with Crippen LogP contribution in [-0.4, -0.2) is 25.7 Å². The Balaban J connectivity index is 0.00000144. The minimum Gasteiger partial charge on any atom is -0.467 e. The molecule has 94 valence electrons. The molecule has 1 aromatic rings. The van der Waals surface area contributed by atoms with Gasteiger partial charge in [-0.25, -0.2) is 4.79 Å². The quantitative estimate of drug-likeness (QED) is 0.648. The number of esters is 1. The summed E-state index contributed by atoms with van der Waals surface area (Å²) in [4.78, 5) is 13.7. The van der Waals surface area contributed by atoms with Crippen LogP contribution in [-0.2, 0) is 9.53 Å². The van der Waals surface area contributed by atoms with E-state index < -0.39 is 0 Å². The van der Waals surface area contributed by atoms with E-state index in [1.165, 1.54) is 7.11 Å². The van der Waals surface area contributed by atoms with E-state index in [0.29, 0.717) is 0 Å². The maximum atomic E-state index is 11.6. The van der Waals surface area contributed by atoms with Crippen LogP contribution in [0.5, 0.6) is 0 Å². The first-order chi connectivity index (χ1) is 7.72. The van der Waals surface area contributed by atoms with E-state index in [0.717, 1.165) is 30.8 Å². The van der Waals surface area contributed by atoms with Gasteiger partial charge in [-0.15, -0.1) is 12.4 Å². The Bertz CT molecular complexity index is 381. The number of nitrogen functional groups attached to an aromatic ring is 1. The summed E-state index contributed by atoms with van der Waals surface area (Å²) < 4.78 is 4.80. The normalized spacial score (nSPS) is 18.6. The Morgan fingerprint density at radius 2 is 2.06 bits per heavy atom. The largest absolute Gasteiger partial charge is 0.467 e. The smallest absolute Gasteiger partial charge is 0.328 e. The monoisotopic (exact) mass is 256 g/mol. The van der Waals surface area contributed by atoms with Crippen LogP contribution < -0.4 is 10.6 Å². The molecule has 0 bridgehead atoms. The van der Waals surface area contributed by atoms with Gasteiger partial charge in [0.25, 0.3) is 0 Å². The van der Waals surface area contributed by atoms with Gasteiger partial charge in [-0.2, -0.15) is 0 Å². The molecule has 5 heteroatoms. The maximum absolute atomic E-state index is 11.6. The van der Waals surface area contributed by atoms with E-state index in [1.807, 2.05) is 24.3 Å². The third-order valence-corrected chi connectivity index (χ3v) is 2.95. The van der Waals surface area contributed by atoms with Gasteiger partial charge in [-0.3, -0.25) is 0 Å². The van der Waals surface area contributed by atoms with Gasteiger partial charge in [0.05, 0.1) is 7.11 Å². The van der Waals surface area contributed by atoms with Crippen molar-refractivity contribution < 1.29 is 9.53 Å². The van der Waals surface area contributed by atoms with E-state index in [4.69, 9.17) is 10.5 Å². The number of nitrogens with zero attached hydrogens (tertiary/aromatic N) is 1. The van der Waals surface area contributed by atoms with E-state index in [9.17, 15) is 4.79 Å². The number of methoxy groups -OCH3 is 1. The van der Waals surface area contributed by atoms with Crippen molar-refractivity contribution in [3.8, 4) is 0 Å². The fourth-order valence-electron chi connectivity index (χ4n) is 2.12. The van der Waals surface area contributed by atoms with Crippen molar-refractivity contribution in [2.45, 2.75) is 18.9 Å². The van der Waals surface area contributed by atoms with Gasteiger partial charge in [0.1, 0.15) is 6.04 Å². The zero-order chi connectivity index (χ0) is 11.5. The number of ether oxygens (including phenoxy) is 1. The summed E-state index contributed by atoms with van der Waals surface area (Å²) in [6, 6.07) is 7.44. The molecule has 0 aliphatic carbocycles. The molecule has 0 saturated carbocycles. The predicted molar refractivity (Wildman–Crippen MR) is 70.5 cm³/mol. The average Bonchev–Trinajstić information content (AvgIpc) is 2.78. The molecular formula is C12H17ClN2O2. The number of carbonyl (C=O) groups excluding carboxylic acids is 1. The van der Waals surface area contributed by atoms with E-state index in [1.54, 1.807) is 0 Å². The van der Waals surface area contributed by atoms with E-state index >= 15 is 0 Å². The summed E-state index contributed by atoms with van der Waals surface area (Å²) >= 11 is 0. The zero-order valence-corrected chi connectivity index (χ0v) is 10.6. The number of carbonyl (C=O) groups is 1. The molecule has 1 aromatic carbocycles. The van der Waals surface area contributed by atoms with Gasteiger partial charge in [0.15, 0.2) is 0 Å². The first-order valence-electron chi connectivity index (χ1n) is 5.42. The highest BCUT2D eigenvalue weighted by molar-refractivity contribution is 5.85. The van der Waals surface area contributed by atoms with Gasteiger partial charge in [-0.05, 0) is 37.1 Å². The van der Waals surface area contributed by atoms with E-state index in [2.05, 4.69) is 4.90 Å². The number of hydrogen-bond donors (Lipinski definition) is 1. The van der Waals surface area contributed by atoms with Crippen LogP contribution in [0.1, 0.15) is 12.8 Å². The molecule has 0 radical (unpaired) electrons. The summed E-state index contributed by atoms with van der Waals surface area (Å²) in [5.74, 6) is -0.158. The summed E-state index contributed by atoms with van der Waals surface area (Å²) in [6.07, 6.45) is 1.88. The minimum absolute atomic E-state index is 0. The van der Waals surface area contributed by atoms with Gasteiger partial charge in [-0.1, -0.05) is 0 Å². The third-order valence-electron chi connectivity index (χ3n) is 2.95. The molecular weight excluding hydrogens is 240 g/mol. The molecule has 17 heavy (non-hydrogen) atoms. The lowest BCUT2D eigenvalue weighted by Gasteiger charge is -2.24. The summed E-state index contributed by atoms with van der Waals surface area (Å²) in [6.45, 7) is 0.893. The van der Waals surface area contributed by atoms with Crippen LogP contribution in [0.4, 0.5) is 11.4 Å². The first kappa shape index (κ1) is 13.6. The molecule has 2 N–H and O–H groups in total. The Morgan fingerprint density at radius 1 is 1.41 bits per heavy atom. The molecule has 0 aromatic heterocycles. The molecule has 1 saturated heterocycles. The standard InChI is InChI=1S/C12H16N2O2.ClH/c1-16-12(15)11-3-2-8-14(11)10-6-4-9(13)5-7-10;/h4-7,11H,2-3,8,13H2,1H3;1H. The Morgan fingerprint density at radius 3 is 2.65 bits per heavy atom. The second-order valence-corrected chi connectivity index (χ2v) is 3.97. The van der Waals surface area contributed by atoms with Crippen LogP contribution >= 0.6 is 12.4 Å². The van der Waals surface area contributed by atoms with Crippen LogP contribution in [0.3, 0.4) is 0 Å². The fraction of sp³-hybridized carbons (Fsp3) is 0.417. The highest BCUT2D eigenvalue weighted by atomic mass is 35.5. The lowest BCUT2D eigenvalue weighted by atomic mass is 10.2. The van der Waals surface area contributed by atoms with Gasteiger partial charge >= 0.3 is 5.97 Å². The van der Waals surface area contributed by atoms with Gasteiger partial charge in [0, 0.05) is 17.9 Å². The summed E-state index contributed by atoms with van der Waals surface area (Å²) in [7, 11) is 1.43. The summed E-state index contributed by atoms with van der Waals surface area (Å²) in [5.41, 5.74) is 7.40. The number of halogens is 1. The van der Waals surface area contributed by atoms with Crippen molar-refractivity contribution in [2.75, 3.05) is 24.3 Å². The highest BCUT2D eigenvalue weighted by Crippen LogP contribution is 2.26. The van der Waals surface area contributed by atoms with Crippen LogP contribution in [0, 0.1) is 0 Å². The zero-order valence-electron chi connectivity index (χ0n) is 9.76. The summed E-state index contributed by atoms with van der Waals surface area (Å²) in [5, 5.41) is 0. The fourth-order valence-corrected chi connectivity index (χ4v) is 2.12. The molecule has 0 spiro atoms. The van der Waals surface area contributed by atoms with Crippen molar-refractivity contribution in [1.29, 1.82) is 0 Å². The number of anilines is 2. The molecule has 4 nitrogen and oxygen atoms in total. The van der Waals surface area contributed by atoms with Crippen LogP contribution in [0.15, 0.2) is 24.3 Å². The Kier molecular flexibility index (Phi) is 4.63. The molecule has 0 amide bonds. The number of hydrogen-bond acceptors (Lipinski definition) is 4. The SMILES string of the molecule is COC(=O)C1CCCN1c1ccc(N)cc1.Cl. The lowest BCUT2D eigenvalue weighted by molar-refractivity contribution is -0.141. The molecule has 1 heterocycles. The maximum Gasteiger partial charge on any atom is 0.328 e. The number of rotatable bonds is 2. The van der Waals surface area contributed by atoms with Crippen molar-refractivity contribution in [3.05, 3.63) is 24.3 Å². The second-order valence-electron chi connectivity index (χ2n) is 3.97. The number of benzene rings is 1. The molecule has 1 aliphatic heterocycles.